The van der Waals surface area contributed by atoms with Crippen molar-refractivity contribution in [1.82, 2.24) is 15.1 Å². The zero-order chi connectivity index (χ0) is 16.0. The summed E-state index contributed by atoms with van der Waals surface area (Å²) in [6.45, 7) is 4.59. The van der Waals surface area contributed by atoms with Crippen LogP contribution in [0.4, 0.5) is 5.82 Å². The van der Waals surface area contributed by atoms with Crippen LogP contribution in [0.15, 0.2) is 12.1 Å². The summed E-state index contributed by atoms with van der Waals surface area (Å²) in [5, 5.41) is 16.7. The topological polar surface area (TPSA) is 86.6 Å². The molecule has 1 aromatic heterocycles. The van der Waals surface area contributed by atoms with Crippen LogP contribution >= 0.6 is 0 Å². The molecule has 0 fully saturated rings. The highest BCUT2D eigenvalue weighted by Gasteiger charge is 2.15. The lowest BCUT2D eigenvalue weighted by Gasteiger charge is -2.27. The number of hydrogen-bond acceptors (Lipinski definition) is 5. The fourth-order valence-electron chi connectivity index (χ4n) is 1.86. The second-order valence-corrected chi connectivity index (χ2v) is 5.26. The largest absolute Gasteiger partial charge is 0.481 e. The van der Waals surface area contributed by atoms with Gasteiger partial charge in [-0.3, -0.25) is 9.59 Å². The smallest absolute Gasteiger partial charge is 0.303 e. The molecule has 1 heterocycles. The summed E-state index contributed by atoms with van der Waals surface area (Å²) in [5.41, 5.74) is 0.290. The van der Waals surface area contributed by atoms with Crippen LogP contribution in [0.2, 0.25) is 0 Å². The van der Waals surface area contributed by atoms with E-state index in [0.717, 1.165) is 0 Å². The molecule has 0 unspecified atom stereocenters. The molecule has 0 saturated heterocycles. The van der Waals surface area contributed by atoms with E-state index in [1.807, 2.05) is 18.7 Å². The molecule has 0 aliphatic heterocycles. The summed E-state index contributed by atoms with van der Waals surface area (Å²) in [6.07, 6.45) is 0.654. The van der Waals surface area contributed by atoms with E-state index in [9.17, 15) is 9.59 Å². The Labute approximate surface area is 124 Å². The molecule has 7 heteroatoms. The van der Waals surface area contributed by atoms with E-state index in [1.54, 1.807) is 26.2 Å². The summed E-state index contributed by atoms with van der Waals surface area (Å²) in [7, 11) is 3.31. The maximum absolute atomic E-state index is 11.8. The van der Waals surface area contributed by atoms with Gasteiger partial charge in [-0.2, -0.15) is 0 Å². The monoisotopic (exact) mass is 294 g/mol. The molecule has 0 atom stereocenters. The van der Waals surface area contributed by atoms with Gasteiger partial charge in [-0.05, 0) is 32.4 Å². The Bertz CT molecular complexity index is 485. The predicted octanol–water partition coefficient (Wildman–Crippen LogP) is 1.26. The first-order chi connectivity index (χ1) is 9.82. The van der Waals surface area contributed by atoms with Crippen molar-refractivity contribution in [3.63, 3.8) is 0 Å². The third kappa shape index (κ3) is 5.02. The number of aromatic nitrogens is 2. The molecule has 116 valence electrons. The lowest BCUT2D eigenvalue weighted by atomic mass is 10.2. The molecular weight excluding hydrogens is 272 g/mol. The van der Waals surface area contributed by atoms with Gasteiger partial charge in [0, 0.05) is 33.1 Å². The number of carbonyl (C=O) groups excluding carboxylic acids is 1. The molecule has 0 radical (unpaired) electrons. The Morgan fingerprint density at radius 3 is 2.33 bits per heavy atom. The SMILES string of the molecule is CC(C)N(CCCC(=O)O)c1ccc(C(=O)N(C)C)nn1. The van der Waals surface area contributed by atoms with Gasteiger partial charge in [0.15, 0.2) is 11.5 Å². The van der Waals surface area contributed by atoms with Gasteiger partial charge in [-0.25, -0.2) is 0 Å². The number of carboxylic acids is 1. The van der Waals surface area contributed by atoms with E-state index in [-0.39, 0.29) is 24.1 Å². The zero-order valence-corrected chi connectivity index (χ0v) is 12.9. The predicted molar refractivity (Wildman–Crippen MR) is 79.4 cm³/mol. The molecule has 0 aromatic carbocycles. The first kappa shape index (κ1) is 16.9. The lowest BCUT2D eigenvalue weighted by molar-refractivity contribution is -0.137. The number of amides is 1. The molecule has 0 saturated carbocycles. The first-order valence-corrected chi connectivity index (χ1v) is 6.86. The lowest BCUT2D eigenvalue weighted by Crippen LogP contribution is -2.33. The van der Waals surface area contributed by atoms with E-state index in [1.165, 1.54) is 4.90 Å². The highest BCUT2D eigenvalue weighted by atomic mass is 16.4. The number of carboxylic acid groups (broad SMARTS) is 1. The van der Waals surface area contributed by atoms with Crippen LogP contribution in [0.3, 0.4) is 0 Å². The maximum Gasteiger partial charge on any atom is 0.303 e. The molecule has 0 bridgehead atoms. The van der Waals surface area contributed by atoms with E-state index in [0.29, 0.717) is 18.8 Å². The molecule has 1 rings (SSSR count). The fraction of sp³-hybridized carbons (Fsp3) is 0.571. The Morgan fingerprint density at radius 1 is 1.24 bits per heavy atom. The van der Waals surface area contributed by atoms with Gasteiger partial charge in [0.25, 0.3) is 5.91 Å². The molecule has 0 aliphatic carbocycles. The molecule has 0 aliphatic rings. The van der Waals surface area contributed by atoms with Crippen LogP contribution in [-0.4, -0.2) is 58.8 Å². The molecule has 7 nitrogen and oxygen atoms in total. The number of carbonyl (C=O) groups is 2. The van der Waals surface area contributed by atoms with Crippen LogP contribution in [0, 0.1) is 0 Å². The van der Waals surface area contributed by atoms with E-state index >= 15 is 0 Å². The van der Waals surface area contributed by atoms with Crippen LogP contribution in [0.5, 0.6) is 0 Å². The number of hydrogen-bond donors (Lipinski definition) is 1. The third-order valence-corrected chi connectivity index (χ3v) is 2.98. The number of aliphatic carboxylic acids is 1. The number of rotatable bonds is 7. The minimum Gasteiger partial charge on any atom is -0.481 e. The number of anilines is 1. The Hall–Kier alpha value is -2.18. The molecule has 21 heavy (non-hydrogen) atoms. The van der Waals surface area contributed by atoms with E-state index in [4.69, 9.17) is 5.11 Å². The Balaban J connectivity index is 2.80. The van der Waals surface area contributed by atoms with Gasteiger partial charge in [-0.15, -0.1) is 10.2 Å². The minimum absolute atomic E-state index is 0.119. The fourth-order valence-corrected chi connectivity index (χ4v) is 1.86. The first-order valence-electron chi connectivity index (χ1n) is 6.86. The maximum atomic E-state index is 11.8. The van der Waals surface area contributed by atoms with Crippen molar-refractivity contribution in [2.45, 2.75) is 32.7 Å². The van der Waals surface area contributed by atoms with E-state index in [2.05, 4.69) is 10.2 Å². The second kappa shape index (κ2) is 7.56. The normalized spacial score (nSPS) is 10.5. The van der Waals surface area contributed by atoms with Gasteiger partial charge in [0.2, 0.25) is 0 Å². The Morgan fingerprint density at radius 2 is 1.90 bits per heavy atom. The van der Waals surface area contributed by atoms with Crippen molar-refractivity contribution in [2.24, 2.45) is 0 Å². The highest BCUT2D eigenvalue weighted by molar-refractivity contribution is 5.91. The molecule has 1 N–H and O–H groups in total. The summed E-state index contributed by atoms with van der Waals surface area (Å²) < 4.78 is 0. The highest BCUT2D eigenvalue weighted by Crippen LogP contribution is 2.14. The van der Waals surface area contributed by atoms with Gasteiger partial charge in [-0.1, -0.05) is 0 Å². The Kier molecular flexibility index (Phi) is 6.08. The molecule has 1 aromatic rings. The van der Waals surface area contributed by atoms with Crippen LogP contribution in [0.25, 0.3) is 0 Å². The molecule has 0 spiro atoms. The average Bonchev–Trinajstić information content (AvgIpc) is 2.42. The zero-order valence-electron chi connectivity index (χ0n) is 12.9. The quantitative estimate of drug-likeness (QED) is 0.814. The molecular formula is C14H22N4O3. The van der Waals surface area contributed by atoms with Gasteiger partial charge < -0.3 is 14.9 Å². The molecule has 1 amide bonds. The van der Waals surface area contributed by atoms with Gasteiger partial charge >= 0.3 is 5.97 Å². The third-order valence-electron chi connectivity index (χ3n) is 2.98. The number of nitrogens with zero attached hydrogens (tertiary/aromatic N) is 4. The summed E-state index contributed by atoms with van der Waals surface area (Å²) >= 11 is 0. The van der Waals surface area contributed by atoms with E-state index < -0.39 is 5.97 Å². The summed E-state index contributed by atoms with van der Waals surface area (Å²) in [6, 6.07) is 3.55. The van der Waals surface area contributed by atoms with Crippen molar-refractivity contribution in [3.8, 4) is 0 Å². The van der Waals surface area contributed by atoms with Crippen molar-refractivity contribution in [3.05, 3.63) is 17.8 Å². The van der Waals surface area contributed by atoms with Crippen molar-refractivity contribution in [1.29, 1.82) is 0 Å². The van der Waals surface area contributed by atoms with Crippen molar-refractivity contribution in [2.75, 3.05) is 25.5 Å². The summed E-state index contributed by atoms with van der Waals surface area (Å²) in [5.74, 6) is -0.363. The van der Waals surface area contributed by atoms with Crippen molar-refractivity contribution >= 4 is 17.7 Å². The second-order valence-electron chi connectivity index (χ2n) is 5.26. The van der Waals surface area contributed by atoms with Gasteiger partial charge in [0.1, 0.15) is 0 Å². The van der Waals surface area contributed by atoms with Crippen LogP contribution < -0.4 is 4.90 Å². The summed E-state index contributed by atoms with van der Waals surface area (Å²) in [4.78, 5) is 25.7. The van der Waals surface area contributed by atoms with Crippen LogP contribution in [0.1, 0.15) is 37.2 Å². The van der Waals surface area contributed by atoms with Crippen molar-refractivity contribution < 1.29 is 14.7 Å². The van der Waals surface area contributed by atoms with Gasteiger partial charge in [0.05, 0.1) is 0 Å². The minimum atomic E-state index is -0.809. The standard InChI is InChI=1S/C14H22N4O3/c1-10(2)18(9-5-6-13(19)20)12-8-7-11(15-16-12)14(21)17(3)4/h7-8,10H,5-6,9H2,1-4H3,(H,19,20). The van der Waals surface area contributed by atoms with Crippen LogP contribution in [-0.2, 0) is 4.79 Å². The average molecular weight is 294 g/mol.